The van der Waals surface area contributed by atoms with Gasteiger partial charge in [-0.1, -0.05) is 22.0 Å². The molecule has 0 atom stereocenters. The molecule has 0 aliphatic heterocycles. The van der Waals surface area contributed by atoms with Crippen LogP contribution in [-0.2, 0) is 14.8 Å². The van der Waals surface area contributed by atoms with Crippen molar-refractivity contribution in [3.05, 3.63) is 36.5 Å². The minimum Gasteiger partial charge on any atom is -0.379 e. The predicted molar refractivity (Wildman–Crippen MR) is 81.5 cm³/mol. The number of halogens is 1. The summed E-state index contributed by atoms with van der Waals surface area (Å²) in [6.07, 6.45) is 1.64. The Balaban J connectivity index is 2.15. The zero-order valence-electron chi connectivity index (χ0n) is 10.8. The maximum absolute atomic E-state index is 12.3. The van der Waals surface area contributed by atoms with Gasteiger partial charge in [0.1, 0.15) is 0 Å². The molecule has 0 radical (unpaired) electrons. The van der Waals surface area contributed by atoms with Crippen molar-refractivity contribution in [3.63, 3.8) is 0 Å². The third kappa shape index (κ3) is 3.76. The van der Waals surface area contributed by atoms with E-state index in [-0.39, 0.29) is 11.4 Å². The van der Waals surface area contributed by atoms with E-state index in [1.807, 2.05) is 0 Å². The van der Waals surface area contributed by atoms with Gasteiger partial charge < -0.3 is 4.74 Å². The summed E-state index contributed by atoms with van der Waals surface area (Å²) in [7, 11) is -3.56. The predicted octanol–water partition coefficient (Wildman–Crippen LogP) is 1.92. The molecular formula is C13H15BrN2O3S. The van der Waals surface area contributed by atoms with E-state index in [9.17, 15) is 8.42 Å². The minimum atomic E-state index is -3.56. The molecule has 0 aliphatic rings. The van der Waals surface area contributed by atoms with Gasteiger partial charge in [-0.15, -0.1) is 0 Å². The molecule has 7 heteroatoms. The number of pyridine rings is 1. The molecule has 1 N–H and O–H groups in total. The van der Waals surface area contributed by atoms with Crippen molar-refractivity contribution in [3.8, 4) is 0 Å². The van der Waals surface area contributed by atoms with E-state index >= 15 is 0 Å². The van der Waals surface area contributed by atoms with Crippen molar-refractivity contribution in [2.45, 2.75) is 4.90 Å². The Labute approximate surface area is 126 Å². The monoisotopic (exact) mass is 358 g/mol. The van der Waals surface area contributed by atoms with Gasteiger partial charge in [0.15, 0.2) is 0 Å². The van der Waals surface area contributed by atoms with Gasteiger partial charge in [0.25, 0.3) is 0 Å². The lowest BCUT2D eigenvalue weighted by Gasteiger charge is -2.09. The van der Waals surface area contributed by atoms with Gasteiger partial charge >= 0.3 is 0 Å². The van der Waals surface area contributed by atoms with Gasteiger partial charge in [-0.3, -0.25) is 4.98 Å². The van der Waals surface area contributed by atoms with Gasteiger partial charge in [0, 0.05) is 23.5 Å². The quantitative estimate of drug-likeness (QED) is 0.606. The third-order valence-electron chi connectivity index (χ3n) is 2.66. The van der Waals surface area contributed by atoms with Crippen LogP contribution >= 0.6 is 15.9 Å². The number of nitrogens with zero attached hydrogens (tertiary/aromatic N) is 1. The van der Waals surface area contributed by atoms with Crippen LogP contribution in [0.15, 0.2) is 41.4 Å². The molecule has 0 aliphatic carbocycles. The maximum atomic E-state index is 12.3. The van der Waals surface area contributed by atoms with Crippen LogP contribution in [0.1, 0.15) is 0 Å². The normalized spacial score (nSPS) is 11.8. The summed E-state index contributed by atoms with van der Waals surface area (Å²) in [5, 5.41) is 1.35. The summed E-state index contributed by atoms with van der Waals surface area (Å²) in [5.41, 5.74) is 0.658. The van der Waals surface area contributed by atoms with Crippen LogP contribution in [0.4, 0.5) is 0 Å². The zero-order chi connectivity index (χ0) is 14.4. The molecular weight excluding hydrogens is 344 g/mol. The lowest BCUT2D eigenvalue weighted by molar-refractivity contribution is 0.156. The third-order valence-corrected chi connectivity index (χ3v) is 4.50. The molecule has 0 saturated carbocycles. The van der Waals surface area contributed by atoms with Crippen LogP contribution in [0.2, 0.25) is 0 Å². The average Bonchev–Trinajstić information content (AvgIpc) is 2.46. The van der Waals surface area contributed by atoms with E-state index in [0.717, 1.165) is 5.33 Å². The summed E-state index contributed by atoms with van der Waals surface area (Å²) in [6.45, 7) is 1.14. The van der Waals surface area contributed by atoms with Crippen LogP contribution in [0, 0.1) is 0 Å². The van der Waals surface area contributed by atoms with E-state index in [1.54, 1.807) is 36.5 Å². The van der Waals surface area contributed by atoms with Crippen molar-refractivity contribution < 1.29 is 13.2 Å². The summed E-state index contributed by atoms with van der Waals surface area (Å²) in [4.78, 5) is 4.39. The fourth-order valence-electron chi connectivity index (χ4n) is 1.79. The number of hydrogen-bond donors (Lipinski definition) is 1. The largest absolute Gasteiger partial charge is 0.379 e. The van der Waals surface area contributed by atoms with Crippen LogP contribution in [0.3, 0.4) is 0 Å². The van der Waals surface area contributed by atoms with E-state index in [0.29, 0.717) is 24.1 Å². The van der Waals surface area contributed by atoms with Gasteiger partial charge in [-0.2, -0.15) is 0 Å². The second kappa shape index (κ2) is 7.12. The van der Waals surface area contributed by atoms with Crippen molar-refractivity contribution >= 4 is 36.9 Å². The fourth-order valence-corrected chi connectivity index (χ4v) is 3.25. The van der Waals surface area contributed by atoms with Crippen LogP contribution in [0.25, 0.3) is 10.9 Å². The Morgan fingerprint density at radius 1 is 1.20 bits per heavy atom. The number of alkyl halides is 1. The summed E-state index contributed by atoms with van der Waals surface area (Å²) in [5.74, 6) is 0. The summed E-state index contributed by atoms with van der Waals surface area (Å²) in [6, 6.07) is 8.52. The molecule has 108 valence electrons. The number of sulfonamides is 1. The minimum absolute atomic E-state index is 0.239. The number of ether oxygens (including phenoxy) is 1. The lowest BCUT2D eigenvalue weighted by atomic mass is 10.2. The highest BCUT2D eigenvalue weighted by Crippen LogP contribution is 2.20. The fraction of sp³-hybridized carbons (Fsp3) is 0.308. The number of rotatable bonds is 7. The van der Waals surface area contributed by atoms with Gasteiger partial charge in [-0.05, 0) is 24.3 Å². The first kappa shape index (κ1) is 15.4. The number of nitrogens with one attached hydrogen (secondary N) is 1. The van der Waals surface area contributed by atoms with Crippen molar-refractivity contribution in [1.82, 2.24) is 9.71 Å². The lowest BCUT2D eigenvalue weighted by Crippen LogP contribution is -2.27. The highest BCUT2D eigenvalue weighted by molar-refractivity contribution is 9.09. The van der Waals surface area contributed by atoms with Gasteiger partial charge in [0.2, 0.25) is 10.0 Å². The van der Waals surface area contributed by atoms with Crippen molar-refractivity contribution in [2.24, 2.45) is 0 Å². The molecule has 20 heavy (non-hydrogen) atoms. The number of aromatic nitrogens is 1. The Kier molecular flexibility index (Phi) is 5.47. The Hall–Kier alpha value is -1.02. The molecule has 0 unspecified atom stereocenters. The molecule has 1 aromatic carbocycles. The van der Waals surface area contributed by atoms with E-state index in [4.69, 9.17) is 4.74 Å². The number of hydrogen-bond acceptors (Lipinski definition) is 4. The summed E-state index contributed by atoms with van der Waals surface area (Å²) >= 11 is 3.23. The van der Waals surface area contributed by atoms with Gasteiger partial charge in [0.05, 0.1) is 23.6 Å². The molecule has 0 bridgehead atoms. The van der Waals surface area contributed by atoms with E-state index in [2.05, 4.69) is 25.6 Å². The van der Waals surface area contributed by atoms with Crippen molar-refractivity contribution in [1.29, 1.82) is 0 Å². The molecule has 2 rings (SSSR count). The second-order valence-corrected chi connectivity index (χ2v) is 6.55. The Morgan fingerprint density at radius 3 is 2.85 bits per heavy atom. The number of benzene rings is 1. The zero-order valence-corrected chi connectivity index (χ0v) is 13.2. The second-order valence-electron chi connectivity index (χ2n) is 4.03. The first-order chi connectivity index (χ1) is 9.65. The molecule has 5 nitrogen and oxygen atoms in total. The number of fused-ring (bicyclic) bond motifs is 1. The smallest absolute Gasteiger partial charge is 0.241 e. The molecule has 1 aromatic heterocycles. The van der Waals surface area contributed by atoms with Crippen LogP contribution < -0.4 is 4.72 Å². The SMILES string of the molecule is O=S(=O)(NCCOCCBr)c1cccc2ncccc12. The highest BCUT2D eigenvalue weighted by Gasteiger charge is 2.16. The maximum Gasteiger partial charge on any atom is 0.241 e. The molecule has 0 fully saturated rings. The standard InChI is InChI=1S/C13H15BrN2O3S/c14-6-9-19-10-8-16-20(17,18)13-5-1-4-12-11(13)3-2-7-15-12/h1-5,7,16H,6,8-10H2. The van der Waals surface area contributed by atoms with Crippen molar-refractivity contribution in [2.75, 3.05) is 25.1 Å². The Morgan fingerprint density at radius 2 is 2.05 bits per heavy atom. The molecule has 0 saturated heterocycles. The first-order valence-corrected chi connectivity index (χ1v) is 8.73. The average molecular weight is 359 g/mol. The topological polar surface area (TPSA) is 68.3 Å². The van der Waals surface area contributed by atoms with Crippen LogP contribution in [0.5, 0.6) is 0 Å². The van der Waals surface area contributed by atoms with Crippen LogP contribution in [-0.4, -0.2) is 38.5 Å². The molecule has 2 aromatic rings. The van der Waals surface area contributed by atoms with E-state index in [1.165, 1.54) is 0 Å². The molecule has 1 heterocycles. The molecule has 0 spiro atoms. The van der Waals surface area contributed by atoms with Gasteiger partial charge in [-0.25, -0.2) is 13.1 Å². The molecule has 0 amide bonds. The summed E-state index contributed by atoms with van der Waals surface area (Å²) < 4.78 is 32.3. The Bertz CT molecular complexity index is 671. The highest BCUT2D eigenvalue weighted by atomic mass is 79.9. The first-order valence-electron chi connectivity index (χ1n) is 6.12. The van der Waals surface area contributed by atoms with E-state index < -0.39 is 10.0 Å².